The minimum Gasteiger partial charge on any atom is -0.394 e. The molecule has 2 rings (SSSR count). The molecule has 1 heterocycles. The predicted octanol–water partition coefficient (Wildman–Crippen LogP) is 2.34. The number of rotatable bonds is 4. The zero-order valence-electron chi connectivity index (χ0n) is 11.1. The molecule has 108 valence electrons. The van der Waals surface area contributed by atoms with Gasteiger partial charge in [0.1, 0.15) is 5.76 Å². The topological polar surface area (TPSA) is 63.7 Å². The van der Waals surface area contributed by atoms with E-state index in [2.05, 4.69) is 0 Å². The first-order valence-electron chi connectivity index (χ1n) is 6.01. The molecule has 0 aliphatic carbocycles. The summed E-state index contributed by atoms with van der Waals surface area (Å²) in [5.74, 6) is 0.0966. The zero-order valence-corrected chi connectivity index (χ0v) is 12.7. The molecule has 0 aromatic heterocycles. The van der Waals surface area contributed by atoms with Crippen LogP contribution in [0.4, 0.5) is 0 Å². The lowest BCUT2D eigenvalue weighted by atomic mass is 10.0. The first kappa shape index (κ1) is 15.0. The molecule has 0 spiro atoms. The van der Waals surface area contributed by atoms with Crippen LogP contribution in [0.3, 0.4) is 0 Å². The number of carbonyl (C=O) groups is 1. The number of hydroxylamine groups is 1. The number of nitrogens with zero attached hydrogens (tertiary/aromatic N) is 1. The van der Waals surface area contributed by atoms with E-state index in [1.807, 2.05) is 6.92 Å². The number of benzene rings is 1. The van der Waals surface area contributed by atoms with Crippen molar-refractivity contribution in [2.75, 3.05) is 12.8 Å². The summed E-state index contributed by atoms with van der Waals surface area (Å²) < 4.78 is 24.5. The third-order valence-corrected chi connectivity index (χ3v) is 4.30. The average Bonchev–Trinajstić information content (AvgIpc) is 2.78. The van der Waals surface area contributed by atoms with Crippen LogP contribution < -0.4 is 0 Å². The molecule has 0 N–H and O–H groups in total. The molecule has 0 atom stereocenters. The lowest BCUT2D eigenvalue weighted by Crippen LogP contribution is -2.14. The number of halogens is 1. The monoisotopic (exact) mass is 315 g/mol. The highest BCUT2D eigenvalue weighted by Gasteiger charge is 2.30. The van der Waals surface area contributed by atoms with Crippen LogP contribution in [0.25, 0.3) is 0 Å². The Labute approximate surface area is 122 Å². The molecular formula is C13H14ClNO4S. The van der Waals surface area contributed by atoms with Gasteiger partial charge in [0.15, 0.2) is 15.6 Å². The molecule has 0 bridgehead atoms. The van der Waals surface area contributed by atoms with Gasteiger partial charge in [-0.05, 0) is 16.7 Å². The van der Waals surface area contributed by atoms with Crippen LogP contribution in [-0.4, -0.2) is 31.6 Å². The van der Waals surface area contributed by atoms with E-state index < -0.39 is 9.84 Å². The molecule has 0 unspecified atom stereocenters. The second-order valence-electron chi connectivity index (χ2n) is 4.42. The van der Waals surface area contributed by atoms with Crippen LogP contribution in [0, 0.1) is 0 Å². The van der Waals surface area contributed by atoms with E-state index in [4.69, 9.17) is 16.6 Å². The molecule has 1 aromatic carbocycles. The van der Waals surface area contributed by atoms with Crippen molar-refractivity contribution >= 4 is 27.4 Å². The van der Waals surface area contributed by atoms with Crippen LogP contribution in [-0.2, 0) is 14.7 Å². The van der Waals surface area contributed by atoms with E-state index in [9.17, 15) is 13.2 Å². The van der Waals surface area contributed by atoms with Crippen LogP contribution in [0.2, 0.25) is 0 Å². The number of hydrogen-bond donors (Lipinski definition) is 0. The smallest absolute Gasteiger partial charge is 0.195 e. The van der Waals surface area contributed by atoms with Gasteiger partial charge in [-0.1, -0.05) is 19.1 Å². The molecule has 0 saturated carbocycles. The van der Waals surface area contributed by atoms with E-state index in [0.717, 1.165) is 10.8 Å². The Morgan fingerprint density at radius 1 is 1.40 bits per heavy atom. The van der Waals surface area contributed by atoms with Crippen molar-refractivity contribution < 1.29 is 18.0 Å². The molecule has 1 aromatic rings. The standard InChI is InChI=1S/C13H14ClNO4S/c1-3-11-10(8-15(14)19-11)13(16)9-6-4-5-7-12(9)20(2,17)18/h4-7H,3,8H2,1-2H3. The molecule has 0 amide bonds. The summed E-state index contributed by atoms with van der Waals surface area (Å²) in [5.41, 5.74) is 0.533. The van der Waals surface area contributed by atoms with Gasteiger partial charge in [-0.3, -0.25) is 4.79 Å². The highest BCUT2D eigenvalue weighted by atomic mass is 35.5. The van der Waals surface area contributed by atoms with Crippen LogP contribution in [0.15, 0.2) is 40.5 Å². The van der Waals surface area contributed by atoms with Crippen molar-refractivity contribution in [1.82, 2.24) is 4.58 Å². The number of sulfone groups is 1. The Balaban J connectivity index is 2.51. The van der Waals surface area contributed by atoms with Gasteiger partial charge in [-0.25, -0.2) is 8.42 Å². The number of Topliss-reactive ketones (excluding diaryl/α,β-unsaturated/α-hetero) is 1. The third kappa shape index (κ3) is 2.87. The number of ketones is 1. The van der Waals surface area contributed by atoms with E-state index >= 15 is 0 Å². The minimum absolute atomic E-state index is 0.0148. The van der Waals surface area contributed by atoms with Crippen molar-refractivity contribution in [2.45, 2.75) is 18.2 Å². The fraction of sp³-hybridized carbons (Fsp3) is 0.308. The Morgan fingerprint density at radius 2 is 2.05 bits per heavy atom. The number of allylic oxidation sites excluding steroid dienone is 1. The first-order chi connectivity index (χ1) is 9.34. The Kier molecular flexibility index (Phi) is 4.17. The van der Waals surface area contributed by atoms with Crippen molar-refractivity contribution in [3.05, 3.63) is 41.2 Å². The van der Waals surface area contributed by atoms with E-state index in [-0.39, 0.29) is 22.8 Å². The summed E-state index contributed by atoms with van der Waals surface area (Å²) in [6.45, 7) is 1.96. The molecular weight excluding hydrogens is 302 g/mol. The minimum atomic E-state index is -3.48. The Bertz CT molecular complexity index is 681. The second-order valence-corrected chi connectivity index (χ2v) is 6.78. The van der Waals surface area contributed by atoms with Crippen molar-refractivity contribution in [1.29, 1.82) is 0 Å². The Hall–Kier alpha value is -1.37. The summed E-state index contributed by atoms with van der Waals surface area (Å²) in [7, 11) is -3.48. The molecule has 7 heteroatoms. The summed E-state index contributed by atoms with van der Waals surface area (Å²) in [5, 5.41) is 0. The molecule has 0 saturated heterocycles. The quantitative estimate of drug-likeness (QED) is 0.630. The van der Waals surface area contributed by atoms with Gasteiger partial charge in [0.25, 0.3) is 0 Å². The van der Waals surface area contributed by atoms with Gasteiger partial charge in [-0.2, -0.15) is 0 Å². The predicted molar refractivity (Wildman–Crippen MR) is 74.8 cm³/mol. The van der Waals surface area contributed by atoms with Crippen LogP contribution in [0.1, 0.15) is 23.7 Å². The molecule has 1 aliphatic heterocycles. The maximum Gasteiger partial charge on any atom is 0.195 e. The van der Waals surface area contributed by atoms with Gasteiger partial charge in [-0.15, -0.1) is 0 Å². The van der Waals surface area contributed by atoms with Crippen LogP contribution >= 0.6 is 11.8 Å². The summed E-state index contributed by atoms with van der Waals surface area (Å²) in [6.07, 6.45) is 1.58. The molecule has 1 aliphatic rings. The van der Waals surface area contributed by atoms with Crippen LogP contribution in [0.5, 0.6) is 0 Å². The van der Waals surface area contributed by atoms with Gasteiger partial charge in [0.05, 0.1) is 17.0 Å². The van der Waals surface area contributed by atoms with Crippen molar-refractivity contribution in [2.24, 2.45) is 0 Å². The van der Waals surface area contributed by atoms with Crippen molar-refractivity contribution in [3.63, 3.8) is 0 Å². The third-order valence-electron chi connectivity index (χ3n) is 2.95. The number of carbonyl (C=O) groups excluding carboxylic acids is 1. The lowest BCUT2D eigenvalue weighted by molar-refractivity contribution is -0.00555. The maximum absolute atomic E-state index is 12.5. The lowest BCUT2D eigenvalue weighted by Gasteiger charge is -2.07. The van der Waals surface area contributed by atoms with Crippen molar-refractivity contribution in [3.8, 4) is 0 Å². The summed E-state index contributed by atoms with van der Waals surface area (Å²) in [6, 6.07) is 6.13. The Morgan fingerprint density at radius 3 is 2.65 bits per heavy atom. The van der Waals surface area contributed by atoms with Gasteiger partial charge in [0, 0.05) is 30.0 Å². The second kappa shape index (κ2) is 5.55. The summed E-state index contributed by atoms with van der Waals surface area (Å²) in [4.78, 5) is 17.8. The largest absolute Gasteiger partial charge is 0.394 e. The fourth-order valence-corrected chi connectivity index (χ4v) is 3.12. The normalized spacial score (nSPS) is 16.4. The van der Waals surface area contributed by atoms with Gasteiger partial charge < -0.3 is 4.84 Å². The molecule has 0 fully saturated rings. The fourth-order valence-electron chi connectivity index (χ4n) is 2.04. The maximum atomic E-state index is 12.5. The average molecular weight is 316 g/mol. The number of hydrogen-bond acceptors (Lipinski definition) is 5. The highest BCUT2D eigenvalue weighted by molar-refractivity contribution is 7.90. The summed E-state index contributed by atoms with van der Waals surface area (Å²) >= 11 is 5.74. The van der Waals surface area contributed by atoms with E-state index in [0.29, 0.717) is 17.8 Å². The van der Waals surface area contributed by atoms with E-state index in [1.165, 1.54) is 12.1 Å². The molecule has 0 radical (unpaired) electrons. The SMILES string of the molecule is CCC1=C(C(=O)c2ccccc2S(C)(=O)=O)CN(Cl)O1. The van der Waals surface area contributed by atoms with Gasteiger partial charge in [0.2, 0.25) is 0 Å². The van der Waals surface area contributed by atoms with E-state index in [1.54, 1.807) is 12.1 Å². The zero-order chi connectivity index (χ0) is 14.9. The molecule has 20 heavy (non-hydrogen) atoms. The highest BCUT2D eigenvalue weighted by Crippen LogP contribution is 2.28. The van der Waals surface area contributed by atoms with Gasteiger partial charge >= 0.3 is 0 Å². The molecule has 5 nitrogen and oxygen atoms in total. The first-order valence-corrected chi connectivity index (χ1v) is 8.24.